The molecule has 2 saturated carbocycles. The highest BCUT2D eigenvalue weighted by Crippen LogP contribution is 2.63. The Kier molecular flexibility index (Phi) is 3.05. The number of amides is 1. The maximum absolute atomic E-state index is 12.7. The summed E-state index contributed by atoms with van der Waals surface area (Å²) in [5, 5.41) is 12.9. The minimum atomic E-state index is -0.871. The van der Waals surface area contributed by atoms with Crippen molar-refractivity contribution in [3.8, 4) is 0 Å². The molecule has 2 N–H and O–H groups in total. The van der Waals surface area contributed by atoms with Crippen LogP contribution in [0.15, 0.2) is 36.4 Å². The van der Waals surface area contributed by atoms with Crippen LogP contribution in [0.5, 0.6) is 0 Å². The maximum atomic E-state index is 12.7. The molecule has 2 bridgehead atoms. The Morgan fingerprint density at radius 3 is 2.36 bits per heavy atom. The number of nitrogens with one attached hydrogen (secondary N) is 1. The maximum Gasteiger partial charge on any atom is 0.307 e. The number of carbonyl (C=O) groups is 2. The molecule has 2 fully saturated rings. The van der Waals surface area contributed by atoms with E-state index in [-0.39, 0.29) is 17.7 Å². The van der Waals surface area contributed by atoms with Gasteiger partial charge in [-0.05, 0) is 42.2 Å². The highest BCUT2D eigenvalue weighted by Gasteiger charge is 2.62. The zero-order valence-corrected chi connectivity index (χ0v) is 12.5. The summed E-state index contributed by atoms with van der Waals surface area (Å²) in [4.78, 5) is 24.4. The zero-order valence-electron chi connectivity index (χ0n) is 11.8. The molecule has 5 rings (SSSR count). The van der Waals surface area contributed by atoms with Crippen LogP contribution in [0, 0.1) is 35.5 Å². The summed E-state index contributed by atoms with van der Waals surface area (Å²) < 4.78 is 0. The van der Waals surface area contributed by atoms with Crippen LogP contribution in [0.3, 0.4) is 0 Å². The summed E-state index contributed by atoms with van der Waals surface area (Å²) >= 11 is 6.08. The lowest BCUT2D eigenvalue weighted by molar-refractivity contribution is -0.152. The topological polar surface area (TPSA) is 66.4 Å². The standard InChI is InChI=1S/C17H16ClNO3/c18-12-3-1-2-4-13(12)19-16(20)14-8-5-6-9(11-7-10(8)11)15(14)17(21)22/h1-6,8-11,14-15H,7H2,(H,19,20)(H,21,22). The molecule has 0 radical (unpaired) electrons. The van der Waals surface area contributed by atoms with Crippen LogP contribution in [0.4, 0.5) is 5.69 Å². The Morgan fingerprint density at radius 1 is 1.09 bits per heavy atom. The number of allylic oxidation sites excluding steroid dienone is 2. The number of fused-ring (bicyclic) bond motifs is 1. The van der Waals surface area contributed by atoms with Crippen molar-refractivity contribution in [2.24, 2.45) is 35.5 Å². The van der Waals surface area contributed by atoms with Crippen molar-refractivity contribution in [2.75, 3.05) is 5.32 Å². The molecule has 6 atom stereocenters. The van der Waals surface area contributed by atoms with Gasteiger partial charge in [0.1, 0.15) is 0 Å². The van der Waals surface area contributed by atoms with Crippen molar-refractivity contribution in [1.29, 1.82) is 0 Å². The van der Waals surface area contributed by atoms with E-state index in [1.54, 1.807) is 24.3 Å². The Hall–Kier alpha value is -1.81. The summed E-state index contributed by atoms with van der Waals surface area (Å²) in [5.41, 5.74) is 0.538. The third kappa shape index (κ3) is 1.97. The van der Waals surface area contributed by atoms with E-state index in [0.29, 0.717) is 22.5 Å². The minimum absolute atomic E-state index is 0.00510. The first-order valence-electron chi connectivity index (χ1n) is 7.54. The molecule has 6 unspecified atom stereocenters. The van der Waals surface area contributed by atoms with Gasteiger partial charge in [-0.3, -0.25) is 9.59 Å². The smallest absolute Gasteiger partial charge is 0.307 e. The van der Waals surface area contributed by atoms with Gasteiger partial charge >= 0.3 is 5.97 Å². The molecule has 0 saturated heterocycles. The number of carboxylic acids is 1. The average molecular weight is 318 g/mol. The first kappa shape index (κ1) is 13.8. The summed E-state index contributed by atoms with van der Waals surface area (Å²) in [5.74, 6) is -1.26. The van der Waals surface area contributed by atoms with Gasteiger partial charge < -0.3 is 10.4 Å². The van der Waals surface area contributed by atoms with Crippen molar-refractivity contribution in [3.63, 3.8) is 0 Å². The third-order valence-electron chi connectivity index (χ3n) is 5.37. The molecule has 1 aromatic carbocycles. The molecule has 0 aliphatic heterocycles. The molecule has 0 heterocycles. The fourth-order valence-electron chi connectivity index (χ4n) is 4.35. The van der Waals surface area contributed by atoms with Crippen LogP contribution >= 0.6 is 11.6 Å². The van der Waals surface area contributed by atoms with Crippen molar-refractivity contribution < 1.29 is 14.7 Å². The lowest BCUT2D eigenvalue weighted by atomic mass is 9.62. The van der Waals surface area contributed by atoms with Gasteiger partial charge in [0.15, 0.2) is 0 Å². The van der Waals surface area contributed by atoms with Gasteiger partial charge in [-0.25, -0.2) is 0 Å². The number of benzene rings is 1. The first-order valence-corrected chi connectivity index (χ1v) is 7.92. The molecule has 0 spiro atoms. The highest BCUT2D eigenvalue weighted by atomic mass is 35.5. The van der Waals surface area contributed by atoms with Gasteiger partial charge in [-0.1, -0.05) is 35.9 Å². The average Bonchev–Trinajstić information content (AvgIpc) is 3.30. The largest absolute Gasteiger partial charge is 0.481 e. The predicted molar refractivity (Wildman–Crippen MR) is 82.4 cm³/mol. The molecule has 4 nitrogen and oxygen atoms in total. The van der Waals surface area contributed by atoms with E-state index in [1.165, 1.54) is 0 Å². The number of para-hydroxylation sites is 1. The van der Waals surface area contributed by atoms with E-state index >= 15 is 0 Å². The van der Waals surface area contributed by atoms with Crippen LogP contribution in [0.2, 0.25) is 5.02 Å². The number of rotatable bonds is 3. The van der Waals surface area contributed by atoms with Gasteiger partial charge in [-0.15, -0.1) is 0 Å². The molecular formula is C17H16ClNO3. The second-order valence-corrected chi connectivity index (χ2v) is 6.87. The third-order valence-corrected chi connectivity index (χ3v) is 5.70. The lowest BCUT2D eigenvalue weighted by Crippen LogP contribution is -2.48. The van der Waals surface area contributed by atoms with E-state index in [4.69, 9.17) is 11.6 Å². The van der Waals surface area contributed by atoms with Crippen LogP contribution in [-0.4, -0.2) is 17.0 Å². The van der Waals surface area contributed by atoms with E-state index < -0.39 is 17.8 Å². The lowest BCUT2D eigenvalue weighted by Gasteiger charge is -2.41. The summed E-state index contributed by atoms with van der Waals surface area (Å²) in [7, 11) is 0. The number of halogens is 1. The molecule has 114 valence electrons. The Morgan fingerprint density at radius 2 is 1.73 bits per heavy atom. The number of anilines is 1. The van der Waals surface area contributed by atoms with E-state index in [1.807, 2.05) is 6.08 Å². The molecular weight excluding hydrogens is 302 g/mol. The number of carbonyl (C=O) groups excluding carboxylic acids is 1. The molecule has 4 aliphatic carbocycles. The molecule has 5 heteroatoms. The summed E-state index contributed by atoms with van der Waals surface area (Å²) in [6.07, 6.45) is 5.11. The number of hydrogen-bond donors (Lipinski definition) is 2. The van der Waals surface area contributed by atoms with Crippen LogP contribution in [0.1, 0.15) is 6.42 Å². The fourth-order valence-corrected chi connectivity index (χ4v) is 4.53. The summed E-state index contributed by atoms with van der Waals surface area (Å²) in [6, 6.07) is 7.01. The van der Waals surface area contributed by atoms with Crippen LogP contribution in [-0.2, 0) is 9.59 Å². The minimum Gasteiger partial charge on any atom is -0.481 e. The second kappa shape index (κ2) is 4.85. The van der Waals surface area contributed by atoms with Gasteiger partial charge in [-0.2, -0.15) is 0 Å². The Labute approximate surface area is 133 Å². The highest BCUT2D eigenvalue weighted by molar-refractivity contribution is 6.33. The number of hydrogen-bond acceptors (Lipinski definition) is 2. The van der Waals surface area contributed by atoms with Gasteiger partial charge in [0, 0.05) is 0 Å². The predicted octanol–water partition coefficient (Wildman–Crippen LogP) is 3.05. The Bertz CT molecular complexity index is 686. The number of aliphatic carboxylic acids is 1. The normalized spacial score (nSPS) is 37.5. The number of carboxylic acid groups (broad SMARTS) is 1. The summed E-state index contributed by atoms with van der Waals surface area (Å²) in [6.45, 7) is 0. The molecule has 1 aromatic rings. The van der Waals surface area contributed by atoms with E-state index in [9.17, 15) is 14.7 Å². The van der Waals surface area contributed by atoms with Crippen molar-refractivity contribution in [1.82, 2.24) is 0 Å². The SMILES string of the molecule is O=C(O)C1C2C=CC(C3CC23)C1C(=O)Nc1ccccc1Cl. The van der Waals surface area contributed by atoms with Crippen molar-refractivity contribution >= 4 is 29.2 Å². The first-order chi connectivity index (χ1) is 10.6. The second-order valence-electron chi connectivity index (χ2n) is 6.46. The van der Waals surface area contributed by atoms with Crippen LogP contribution in [0.25, 0.3) is 0 Å². The molecule has 22 heavy (non-hydrogen) atoms. The Balaban J connectivity index is 1.63. The van der Waals surface area contributed by atoms with Gasteiger partial charge in [0.25, 0.3) is 0 Å². The van der Waals surface area contributed by atoms with Crippen molar-refractivity contribution in [2.45, 2.75) is 6.42 Å². The van der Waals surface area contributed by atoms with Crippen LogP contribution < -0.4 is 5.32 Å². The van der Waals surface area contributed by atoms with E-state index in [2.05, 4.69) is 11.4 Å². The van der Waals surface area contributed by atoms with Gasteiger partial charge in [0.2, 0.25) is 5.91 Å². The quantitative estimate of drug-likeness (QED) is 0.842. The molecule has 0 aromatic heterocycles. The fraction of sp³-hybridized carbons (Fsp3) is 0.412. The monoisotopic (exact) mass is 317 g/mol. The molecule has 1 amide bonds. The zero-order chi connectivity index (χ0) is 15.4. The van der Waals surface area contributed by atoms with Crippen molar-refractivity contribution in [3.05, 3.63) is 41.4 Å². The molecule has 4 aliphatic rings. The van der Waals surface area contributed by atoms with E-state index in [0.717, 1.165) is 6.42 Å². The van der Waals surface area contributed by atoms with Gasteiger partial charge in [0.05, 0.1) is 22.5 Å².